The van der Waals surface area contributed by atoms with E-state index in [9.17, 15) is 8.42 Å². The van der Waals surface area contributed by atoms with E-state index in [1.165, 1.54) is 27.2 Å². The van der Waals surface area contributed by atoms with E-state index in [-0.39, 0.29) is 0 Å². The lowest BCUT2D eigenvalue weighted by Gasteiger charge is -2.32. The Bertz CT molecular complexity index is 964. The van der Waals surface area contributed by atoms with Crippen LogP contribution in [0.3, 0.4) is 0 Å². The first-order valence-corrected chi connectivity index (χ1v) is 11.5. The fraction of sp³-hybridized carbons (Fsp3) is 0.455. The molecule has 2 aliphatic rings. The Morgan fingerprint density at radius 2 is 1.79 bits per heavy atom. The van der Waals surface area contributed by atoms with Crippen LogP contribution in [0, 0.1) is 6.92 Å². The second kappa shape index (κ2) is 7.85. The SMILES string of the molecule is COc1ccc(C)cc1C[NH+]1CCN(S(=O)(=O)c2ccc3c(c2)CCC3)CC1. The number of hydrogen-bond acceptors (Lipinski definition) is 3. The summed E-state index contributed by atoms with van der Waals surface area (Å²) in [5.41, 5.74) is 4.91. The Morgan fingerprint density at radius 3 is 2.54 bits per heavy atom. The van der Waals surface area contributed by atoms with Crippen molar-refractivity contribution in [3.05, 3.63) is 58.7 Å². The molecule has 0 bridgehead atoms. The third-order valence-corrected chi connectivity index (χ3v) is 7.91. The minimum absolute atomic E-state index is 0.456. The van der Waals surface area contributed by atoms with Gasteiger partial charge in [0.15, 0.2) is 0 Å². The van der Waals surface area contributed by atoms with Crippen molar-refractivity contribution in [3.8, 4) is 5.75 Å². The molecule has 0 unspecified atom stereocenters. The van der Waals surface area contributed by atoms with Crippen LogP contribution >= 0.6 is 0 Å². The molecule has 5 nitrogen and oxygen atoms in total. The van der Waals surface area contributed by atoms with E-state index in [0.717, 1.165) is 44.6 Å². The van der Waals surface area contributed by atoms with Crippen molar-refractivity contribution in [1.82, 2.24) is 4.31 Å². The molecule has 1 fully saturated rings. The van der Waals surface area contributed by atoms with E-state index in [4.69, 9.17) is 4.74 Å². The lowest BCUT2D eigenvalue weighted by atomic mass is 10.1. The second-order valence-corrected chi connectivity index (χ2v) is 9.87. The molecule has 1 aliphatic carbocycles. The average molecular weight is 402 g/mol. The van der Waals surface area contributed by atoms with Gasteiger partial charge in [-0.15, -0.1) is 0 Å². The minimum Gasteiger partial charge on any atom is -0.496 e. The fourth-order valence-electron chi connectivity index (χ4n) is 4.39. The summed E-state index contributed by atoms with van der Waals surface area (Å²) in [6, 6.07) is 11.9. The highest BCUT2D eigenvalue weighted by molar-refractivity contribution is 7.89. The molecule has 150 valence electrons. The maximum absolute atomic E-state index is 13.1. The number of rotatable bonds is 5. The van der Waals surface area contributed by atoms with Crippen molar-refractivity contribution in [2.45, 2.75) is 37.6 Å². The molecule has 1 saturated heterocycles. The van der Waals surface area contributed by atoms with Crippen LogP contribution in [-0.4, -0.2) is 46.0 Å². The van der Waals surface area contributed by atoms with Crippen molar-refractivity contribution in [2.24, 2.45) is 0 Å². The number of methoxy groups -OCH3 is 1. The molecule has 4 rings (SSSR count). The minimum atomic E-state index is -3.40. The van der Waals surface area contributed by atoms with Crippen molar-refractivity contribution in [2.75, 3.05) is 33.3 Å². The third-order valence-electron chi connectivity index (χ3n) is 6.01. The van der Waals surface area contributed by atoms with E-state index in [1.807, 2.05) is 18.2 Å². The Hall–Kier alpha value is -1.89. The van der Waals surface area contributed by atoms with Crippen molar-refractivity contribution in [1.29, 1.82) is 0 Å². The van der Waals surface area contributed by atoms with Crippen LogP contribution in [-0.2, 0) is 29.4 Å². The van der Waals surface area contributed by atoms with Gasteiger partial charge in [0.1, 0.15) is 12.3 Å². The van der Waals surface area contributed by atoms with Gasteiger partial charge in [-0.1, -0.05) is 17.7 Å². The van der Waals surface area contributed by atoms with Crippen LogP contribution in [0.15, 0.2) is 41.3 Å². The number of benzene rings is 2. The Balaban J connectivity index is 1.43. The van der Waals surface area contributed by atoms with Gasteiger partial charge < -0.3 is 9.64 Å². The van der Waals surface area contributed by atoms with E-state index < -0.39 is 10.0 Å². The first-order valence-electron chi connectivity index (χ1n) is 10.1. The number of hydrogen-bond donors (Lipinski definition) is 1. The van der Waals surface area contributed by atoms with Gasteiger partial charge in [0.25, 0.3) is 0 Å². The number of sulfonamides is 1. The number of nitrogens with one attached hydrogen (secondary N) is 1. The maximum Gasteiger partial charge on any atom is 0.243 e. The molecule has 28 heavy (non-hydrogen) atoms. The van der Waals surface area contributed by atoms with Crippen LogP contribution < -0.4 is 9.64 Å². The zero-order chi connectivity index (χ0) is 19.7. The molecule has 0 spiro atoms. The summed E-state index contributed by atoms with van der Waals surface area (Å²) in [7, 11) is -1.71. The lowest BCUT2D eigenvalue weighted by Crippen LogP contribution is -3.13. The van der Waals surface area contributed by atoms with Crippen molar-refractivity contribution in [3.63, 3.8) is 0 Å². The van der Waals surface area contributed by atoms with E-state index >= 15 is 0 Å². The molecule has 2 aromatic carbocycles. The Labute approximate surface area is 168 Å². The molecule has 2 aromatic rings. The maximum atomic E-state index is 13.1. The normalized spacial score (nSPS) is 18.2. The van der Waals surface area contributed by atoms with Gasteiger partial charge in [0.05, 0.1) is 38.2 Å². The molecule has 0 amide bonds. The van der Waals surface area contributed by atoms with E-state index in [1.54, 1.807) is 17.5 Å². The summed E-state index contributed by atoms with van der Waals surface area (Å²) < 4.78 is 33.3. The summed E-state index contributed by atoms with van der Waals surface area (Å²) >= 11 is 0. The summed E-state index contributed by atoms with van der Waals surface area (Å²) in [6.45, 7) is 5.67. The number of ether oxygens (including phenoxy) is 1. The van der Waals surface area contributed by atoms with E-state index in [2.05, 4.69) is 19.1 Å². The lowest BCUT2D eigenvalue weighted by molar-refractivity contribution is -0.917. The first kappa shape index (κ1) is 19.4. The van der Waals surface area contributed by atoms with Crippen LogP contribution in [0.4, 0.5) is 0 Å². The molecular weight excluding hydrogens is 372 g/mol. The highest BCUT2D eigenvalue weighted by atomic mass is 32.2. The standard InChI is InChI=1S/C22H28N2O3S/c1-17-6-9-22(27-2)20(14-17)16-23-10-12-24(13-11-23)28(25,26)21-8-7-18-4-3-5-19(18)15-21/h6-9,14-15H,3-5,10-13,16H2,1-2H3/p+1. The molecule has 0 radical (unpaired) electrons. The molecule has 6 heteroatoms. The summed E-state index contributed by atoms with van der Waals surface area (Å²) in [4.78, 5) is 1.85. The topological polar surface area (TPSA) is 51.1 Å². The van der Waals surface area contributed by atoms with Crippen LogP contribution in [0.1, 0.15) is 28.7 Å². The Kier molecular flexibility index (Phi) is 5.45. The highest BCUT2D eigenvalue weighted by Crippen LogP contribution is 2.26. The summed E-state index contributed by atoms with van der Waals surface area (Å²) in [5.74, 6) is 0.909. The molecular formula is C22H29N2O3S+. The van der Waals surface area contributed by atoms with Crippen molar-refractivity contribution >= 4 is 10.0 Å². The smallest absolute Gasteiger partial charge is 0.243 e. The molecule has 0 saturated carbocycles. The predicted molar refractivity (Wildman–Crippen MR) is 109 cm³/mol. The second-order valence-electron chi connectivity index (χ2n) is 7.93. The summed E-state index contributed by atoms with van der Waals surface area (Å²) in [5, 5.41) is 0. The fourth-order valence-corrected chi connectivity index (χ4v) is 5.88. The quantitative estimate of drug-likeness (QED) is 0.828. The zero-order valence-electron chi connectivity index (χ0n) is 16.7. The highest BCUT2D eigenvalue weighted by Gasteiger charge is 2.31. The molecule has 1 N–H and O–H groups in total. The van der Waals surface area contributed by atoms with Gasteiger partial charge >= 0.3 is 0 Å². The van der Waals surface area contributed by atoms with Gasteiger partial charge in [-0.05, 0) is 61.6 Å². The number of quaternary nitrogens is 1. The predicted octanol–water partition coefficient (Wildman–Crippen LogP) is 1.58. The third kappa shape index (κ3) is 3.81. The van der Waals surface area contributed by atoms with Gasteiger partial charge in [0.2, 0.25) is 10.0 Å². The van der Waals surface area contributed by atoms with Gasteiger partial charge in [0, 0.05) is 5.56 Å². The summed E-state index contributed by atoms with van der Waals surface area (Å²) in [6.07, 6.45) is 3.19. The number of piperazine rings is 1. The van der Waals surface area contributed by atoms with Gasteiger partial charge in [-0.3, -0.25) is 0 Å². The molecule has 1 heterocycles. The number of fused-ring (bicyclic) bond motifs is 1. The molecule has 0 atom stereocenters. The monoisotopic (exact) mass is 401 g/mol. The van der Waals surface area contributed by atoms with Crippen LogP contribution in [0.2, 0.25) is 0 Å². The largest absolute Gasteiger partial charge is 0.496 e. The Morgan fingerprint density at radius 1 is 1.04 bits per heavy atom. The van der Waals surface area contributed by atoms with Crippen LogP contribution in [0.25, 0.3) is 0 Å². The molecule has 1 aliphatic heterocycles. The number of aryl methyl sites for hydroxylation is 3. The molecule has 0 aromatic heterocycles. The number of nitrogens with zero attached hydrogens (tertiary/aromatic N) is 1. The zero-order valence-corrected chi connectivity index (χ0v) is 17.5. The van der Waals surface area contributed by atoms with Crippen LogP contribution in [0.5, 0.6) is 5.75 Å². The van der Waals surface area contributed by atoms with Gasteiger partial charge in [-0.2, -0.15) is 4.31 Å². The average Bonchev–Trinajstić information content (AvgIpc) is 3.16. The first-order chi connectivity index (χ1) is 13.5. The van der Waals surface area contributed by atoms with Crippen molar-refractivity contribution < 1.29 is 18.1 Å². The van der Waals surface area contributed by atoms with Gasteiger partial charge in [-0.25, -0.2) is 8.42 Å². The van der Waals surface area contributed by atoms with E-state index in [0.29, 0.717) is 18.0 Å².